The third-order valence-corrected chi connectivity index (χ3v) is 12.7. The van der Waals surface area contributed by atoms with E-state index < -0.39 is 47.0 Å². The summed E-state index contributed by atoms with van der Waals surface area (Å²) < 4.78 is 26.7. The van der Waals surface area contributed by atoms with Crippen LogP contribution < -0.4 is 5.32 Å². The number of rotatable bonds is 7. The first-order valence-corrected chi connectivity index (χ1v) is 16.0. The SMILES string of the molecule is CC(C)(C)[Si](C)(C)O[C@H]1C(n2cnc3c(NC(=O)c4ccccc4)ncnc32)OC(CO)[C@H]1[PH](=O)O. The lowest BCUT2D eigenvalue weighted by Gasteiger charge is -2.40. The number of aliphatic hydroxyl groups excluding tert-OH is 1. The Balaban J connectivity index is 1.73. The maximum absolute atomic E-state index is 12.7. The Labute approximate surface area is 210 Å². The highest BCUT2D eigenvalue weighted by Gasteiger charge is 2.53. The van der Waals surface area contributed by atoms with Crippen molar-refractivity contribution in [3.05, 3.63) is 48.5 Å². The van der Waals surface area contributed by atoms with Crippen molar-refractivity contribution >= 4 is 39.2 Å². The molecule has 1 amide bonds. The quantitative estimate of drug-likeness (QED) is 0.307. The summed E-state index contributed by atoms with van der Waals surface area (Å²) in [6.45, 7) is 9.89. The van der Waals surface area contributed by atoms with Gasteiger partial charge in [-0.05, 0) is 30.3 Å². The molecule has 1 fully saturated rings. The number of aliphatic hydroxyl groups is 1. The molecule has 0 saturated carbocycles. The number of ether oxygens (including phenoxy) is 1. The molecule has 1 aliphatic heterocycles. The van der Waals surface area contributed by atoms with Crippen LogP contribution in [-0.4, -0.2) is 68.2 Å². The van der Waals surface area contributed by atoms with Crippen LogP contribution in [0, 0.1) is 0 Å². The van der Waals surface area contributed by atoms with Crippen LogP contribution in [0.3, 0.4) is 0 Å². The second-order valence-corrected chi connectivity index (χ2v) is 16.4. The average molecular weight is 534 g/mol. The molecular formula is C23H32N5O6PSi. The molecule has 3 heterocycles. The number of carbonyl (C=O) groups excluding carboxylic acids is 1. The first-order valence-electron chi connectivity index (χ1n) is 11.7. The van der Waals surface area contributed by atoms with E-state index >= 15 is 0 Å². The van der Waals surface area contributed by atoms with E-state index in [1.54, 1.807) is 28.8 Å². The van der Waals surface area contributed by atoms with E-state index in [1.807, 2.05) is 19.2 Å². The van der Waals surface area contributed by atoms with Gasteiger partial charge in [-0.2, -0.15) is 0 Å². The van der Waals surface area contributed by atoms with E-state index in [0.29, 0.717) is 16.7 Å². The summed E-state index contributed by atoms with van der Waals surface area (Å²) in [4.78, 5) is 35.8. The Kier molecular flexibility index (Phi) is 7.47. The van der Waals surface area contributed by atoms with Crippen LogP contribution in [-0.2, 0) is 13.7 Å². The zero-order valence-corrected chi connectivity index (χ0v) is 22.9. The van der Waals surface area contributed by atoms with Crippen molar-refractivity contribution in [3.63, 3.8) is 0 Å². The summed E-state index contributed by atoms with van der Waals surface area (Å²) in [6.07, 6.45) is 0.220. The summed E-state index contributed by atoms with van der Waals surface area (Å²) in [7, 11) is -5.54. The number of nitrogens with zero attached hydrogens (tertiary/aromatic N) is 4. The summed E-state index contributed by atoms with van der Waals surface area (Å²) in [6, 6.07) is 8.72. The number of anilines is 1. The number of nitrogens with one attached hydrogen (secondary N) is 1. The van der Waals surface area contributed by atoms with E-state index in [-0.39, 0.29) is 16.8 Å². The predicted octanol–water partition coefficient (Wildman–Crippen LogP) is 3.19. The van der Waals surface area contributed by atoms with E-state index in [9.17, 15) is 19.4 Å². The molecule has 5 atom stereocenters. The van der Waals surface area contributed by atoms with Gasteiger partial charge in [0.2, 0.25) is 0 Å². The molecule has 11 nitrogen and oxygen atoms in total. The first kappa shape index (κ1) is 26.6. The molecule has 1 saturated heterocycles. The van der Waals surface area contributed by atoms with Gasteiger partial charge < -0.3 is 24.5 Å². The zero-order valence-electron chi connectivity index (χ0n) is 20.9. The van der Waals surface area contributed by atoms with Gasteiger partial charge in [0, 0.05) is 5.56 Å². The van der Waals surface area contributed by atoms with Gasteiger partial charge >= 0.3 is 0 Å². The molecule has 4 rings (SSSR count). The molecule has 0 bridgehead atoms. The minimum atomic E-state index is -3.13. The van der Waals surface area contributed by atoms with Crippen LogP contribution in [0.4, 0.5) is 5.82 Å². The van der Waals surface area contributed by atoms with Crippen molar-refractivity contribution in [2.24, 2.45) is 0 Å². The lowest BCUT2D eigenvalue weighted by atomic mass is 10.2. The van der Waals surface area contributed by atoms with Crippen LogP contribution in [0.5, 0.6) is 0 Å². The molecule has 3 N–H and O–H groups in total. The third-order valence-electron chi connectivity index (χ3n) is 6.95. The molecule has 2 aromatic heterocycles. The van der Waals surface area contributed by atoms with Crippen molar-refractivity contribution in [3.8, 4) is 0 Å². The molecule has 0 spiro atoms. The molecule has 3 aromatic rings. The van der Waals surface area contributed by atoms with Crippen LogP contribution in [0.25, 0.3) is 11.2 Å². The van der Waals surface area contributed by atoms with Gasteiger partial charge in [-0.25, -0.2) is 15.0 Å². The predicted molar refractivity (Wildman–Crippen MR) is 138 cm³/mol. The first-order chi connectivity index (χ1) is 16.9. The summed E-state index contributed by atoms with van der Waals surface area (Å²) >= 11 is 0. The highest BCUT2D eigenvalue weighted by molar-refractivity contribution is 7.39. The van der Waals surface area contributed by atoms with Crippen LogP contribution in [0.2, 0.25) is 18.1 Å². The maximum Gasteiger partial charge on any atom is 0.256 e. The molecule has 13 heteroatoms. The van der Waals surface area contributed by atoms with Gasteiger partial charge in [0.1, 0.15) is 12.4 Å². The minimum Gasteiger partial charge on any atom is -0.408 e. The fourth-order valence-corrected chi connectivity index (χ4v) is 6.41. The second-order valence-electron chi connectivity index (χ2n) is 10.3. The van der Waals surface area contributed by atoms with Gasteiger partial charge in [0.05, 0.1) is 24.7 Å². The lowest BCUT2D eigenvalue weighted by Crippen LogP contribution is -2.48. The van der Waals surface area contributed by atoms with E-state index in [4.69, 9.17) is 9.16 Å². The highest BCUT2D eigenvalue weighted by Crippen LogP contribution is 2.47. The number of benzene rings is 1. The van der Waals surface area contributed by atoms with Gasteiger partial charge in [-0.3, -0.25) is 13.9 Å². The number of hydrogen-bond acceptors (Lipinski definition) is 8. The van der Waals surface area contributed by atoms with Crippen LogP contribution in [0.15, 0.2) is 43.0 Å². The Morgan fingerprint density at radius 1 is 1.22 bits per heavy atom. The Hall–Kier alpha value is -2.47. The zero-order chi connectivity index (χ0) is 26.3. The van der Waals surface area contributed by atoms with Crippen LogP contribution in [0.1, 0.15) is 37.4 Å². The van der Waals surface area contributed by atoms with Crippen molar-refractivity contribution in [2.45, 2.75) is 63.0 Å². The summed E-state index contributed by atoms with van der Waals surface area (Å²) in [5, 5.41) is 12.5. The molecule has 1 aliphatic rings. The average Bonchev–Trinajstić information content (AvgIpc) is 3.40. The number of amides is 1. The number of carbonyl (C=O) groups is 1. The number of aromatic nitrogens is 4. The third kappa shape index (κ3) is 5.02. The van der Waals surface area contributed by atoms with E-state index in [2.05, 4.69) is 41.0 Å². The molecule has 0 radical (unpaired) electrons. The van der Waals surface area contributed by atoms with Crippen molar-refractivity contribution in [1.29, 1.82) is 0 Å². The maximum atomic E-state index is 12.7. The Bertz CT molecular complexity index is 1260. The number of imidazole rings is 1. The fourth-order valence-electron chi connectivity index (χ4n) is 3.96. The molecular weight excluding hydrogens is 501 g/mol. The minimum absolute atomic E-state index is 0.168. The van der Waals surface area contributed by atoms with Crippen molar-refractivity contribution in [1.82, 2.24) is 19.5 Å². The Morgan fingerprint density at radius 3 is 2.53 bits per heavy atom. The van der Waals surface area contributed by atoms with Crippen molar-refractivity contribution in [2.75, 3.05) is 11.9 Å². The monoisotopic (exact) mass is 533 g/mol. The summed E-state index contributed by atoms with van der Waals surface area (Å²) in [5.74, 6) is -0.126. The van der Waals surface area contributed by atoms with Gasteiger partial charge in [-0.15, -0.1) is 0 Å². The van der Waals surface area contributed by atoms with Crippen LogP contribution >= 0.6 is 8.03 Å². The Morgan fingerprint density at radius 2 is 1.92 bits per heavy atom. The lowest BCUT2D eigenvalue weighted by molar-refractivity contribution is -0.0459. The van der Waals surface area contributed by atoms with Crippen molar-refractivity contribution < 1.29 is 28.5 Å². The molecule has 36 heavy (non-hydrogen) atoms. The topological polar surface area (TPSA) is 149 Å². The summed E-state index contributed by atoms with van der Waals surface area (Å²) in [5.41, 5.74) is 0.247. The van der Waals surface area contributed by atoms with Gasteiger partial charge in [0.15, 0.2) is 39.6 Å². The van der Waals surface area contributed by atoms with Gasteiger partial charge in [0.25, 0.3) is 5.91 Å². The number of hydrogen-bond donors (Lipinski definition) is 3. The number of fused-ring (bicyclic) bond motifs is 1. The largest absolute Gasteiger partial charge is 0.408 e. The molecule has 1 aromatic carbocycles. The molecule has 0 aliphatic carbocycles. The second kappa shape index (κ2) is 10.1. The molecule has 3 unspecified atom stereocenters. The smallest absolute Gasteiger partial charge is 0.256 e. The van der Waals surface area contributed by atoms with Gasteiger partial charge in [-0.1, -0.05) is 39.0 Å². The fraction of sp³-hybridized carbons (Fsp3) is 0.478. The highest BCUT2D eigenvalue weighted by atomic mass is 31.1. The van der Waals surface area contributed by atoms with E-state index in [1.165, 1.54) is 12.7 Å². The normalized spacial score (nSPS) is 23.6. The molecule has 194 valence electrons. The van der Waals surface area contributed by atoms with E-state index in [0.717, 1.165) is 0 Å². The standard InChI is InChI=1S/C23H32N5O6PSi/c1-23(2,3)36(4,5)34-17-18(35(31)32)15(11-29)33-22(17)28-13-26-16-19(24-12-25-20(16)28)27-21(30)14-9-7-6-8-10-14/h6-10,12-13,15,17-18,22,29,35H,11H2,1-5H3,(H,31,32)(H,24,25,27,30)/t15?,17-,18-,22?/m1/s1.